The number of nitrogens with zero attached hydrogens (tertiary/aromatic N) is 1. The van der Waals surface area contributed by atoms with Gasteiger partial charge < -0.3 is 10.5 Å². The number of pyridine rings is 1. The topological polar surface area (TPSA) is 65.2 Å². The van der Waals surface area contributed by atoms with E-state index in [1.54, 1.807) is 19.1 Å². The molecule has 0 aromatic carbocycles. The number of ether oxygens (including phenoxy) is 1. The molecule has 0 amide bonds. The molecule has 0 spiro atoms. The van der Waals surface area contributed by atoms with Gasteiger partial charge in [0.2, 0.25) is 0 Å². The second kappa shape index (κ2) is 5.99. The molecule has 0 atom stereocenters. The molecule has 0 bridgehead atoms. The number of nitrogens with two attached hydrogens (primary N) is 1. The molecular weight excluding hydrogens is 228 g/mol. The summed E-state index contributed by atoms with van der Waals surface area (Å²) >= 11 is 5.68. The van der Waals surface area contributed by atoms with E-state index >= 15 is 0 Å². The Morgan fingerprint density at radius 1 is 1.62 bits per heavy atom. The molecule has 0 saturated heterocycles. The van der Waals surface area contributed by atoms with Crippen LogP contribution < -0.4 is 5.73 Å². The number of carbonyl (C=O) groups is 1. The van der Waals surface area contributed by atoms with Crippen LogP contribution in [0.2, 0.25) is 5.15 Å². The predicted octanol–water partition coefficient (Wildman–Crippen LogP) is 1.62. The van der Waals surface area contributed by atoms with Crippen molar-refractivity contribution < 1.29 is 9.53 Å². The average Bonchev–Trinajstić information content (AvgIpc) is 2.23. The lowest BCUT2D eigenvalue weighted by atomic mass is 10.3. The van der Waals surface area contributed by atoms with Gasteiger partial charge in [0.15, 0.2) is 0 Å². The van der Waals surface area contributed by atoms with E-state index in [9.17, 15) is 4.79 Å². The summed E-state index contributed by atoms with van der Waals surface area (Å²) in [4.78, 5) is 14.9. The van der Waals surface area contributed by atoms with Gasteiger partial charge in [0.1, 0.15) is 17.3 Å². The zero-order chi connectivity index (χ0) is 12.0. The Labute approximate surface area is 98.8 Å². The van der Waals surface area contributed by atoms with Crippen LogP contribution in [-0.4, -0.2) is 17.6 Å². The second-order valence-electron chi connectivity index (χ2n) is 2.86. The fourth-order valence-corrected chi connectivity index (χ4v) is 1.11. The number of anilines is 1. The number of nitrogen functional groups attached to an aromatic ring is 1. The largest absolute Gasteiger partial charge is 0.465 e. The number of hydrogen-bond donors (Lipinski definition) is 1. The molecule has 2 N–H and O–H groups in total. The van der Waals surface area contributed by atoms with Crippen LogP contribution in [0, 0.1) is 11.8 Å². The number of halogens is 1. The highest BCUT2D eigenvalue weighted by atomic mass is 35.5. The van der Waals surface area contributed by atoms with Crippen LogP contribution in [-0.2, 0) is 9.53 Å². The van der Waals surface area contributed by atoms with Gasteiger partial charge in [-0.05, 0) is 25.0 Å². The van der Waals surface area contributed by atoms with Gasteiger partial charge in [0, 0.05) is 0 Å². The Kier molecular flexibility index (Phi) is 4.62. The Bertz CT molecular complexity index is 449. The van der Waals surface area contributed by atoms with Crippen molar-refractivity contribution in [2.45, 2.75) is 13.3 Å². The normalized spacial score (nSPS) is 9.12. The highest BCUT2D eigenvalue weighted by Gasteiger charge is 1.99. The predicted molar refractivity (Wildman–Crippen MR) is 61.8 cm³/mol. The van der Waals surface area contributed by atoms with Crippen molar-refractivity contribution >= 4 is 23.3 Å². The molecule has 0 aliphatic carbocycles. The molecule has 4 nitrogen and oxygen atoms in total. The lowest BCUT2D eigenvalue weighted by molar-refractivity contribution is -0.141. The minimum Gasteiger partial charge on any atom is -0.465 e. The molecule has 0 aliphatic rings. The third-order valence-corrected chi connectivity index (χ3v) is 1.85. The second-order valence-corrected chi connectivity index (χ2v) is 3.24. The fraction of sp³-hybridized carbons (Fsp3) is 0.273. The third kappa shape index (κ3) is 3.79. The van der Waals surface area contributed by atoms with Crippen LogP contribution in [0.25, 0.3) is 0 Å². The van der Waals surface area contributed by atoms with Crippen LogP contribution >= 0.6 is 11.6 Å². The van der Waals surface area contributed by atoms with Crippen molar-refractivity contribution in [3.63, 3.8) is 0 Å². The quantitative estimate of drug-likeness (QED) is 0.483. The van der Waals surface area contributed by atoms with E-state index < -0.39 is 0 Å². The summed E-state index contributed by atoms with van der Waals surface area (Å²) in [6.07, 6.45) is 0.0154. The van der Waals surface area contributed by atoms with Crippen LogP contribution in [0.3, 0.4) is 0 Å². The number of rotatable bonds is 2. The molecule has 0 aliphatic heterocycles. The molecule has 0 saturated carbocycles. The Hall–Kier alpha value is -1.73. The summed E-state index contributed by atoms with van der Waals surface area (Å²) in [6, 6.07) is 3.19. The van der Waals surface area contributed by atoms with E-state index in [0.717, 1.165) is 0 Å². The van der Waals surface area contributed by atoms with E-state index in [-0.39, 0.29) is 12.4 Å². The number of esters is 1. The van der Waals surface area contributed by atoms with Crippen molar-refractivity contribution in [3.8, 4) is 11.8 Å². The zero-order valence-corrected chi connectivity index (χ0v) is 9.54. The molecule has 16 heavy (non-hydrogen) atoms. The van der Waals surface area contributed by atoms with E-state index in [0.29, 0.717) is 23.1 Å². The summed E-state index contributed by atoms with van der Waals surface area (Å²) in [5.74, 6) is 4.94. The molecule has 1 heterocycles. The summed E-state index contributed by atoms with van der Waals surface area (Å²) in [5.41, 5.74) is 6.43. The van der Waals surface area contributed by atoms with E-state index in [1.165, 1.54) is 0 Å². The average molecular weight is 239 g/mol. The van der Waals surface area contributed by atoms with Crippen LogP contribution in [0.1, 0.15) is 19.0 Å². The van der Waals surface area contributed by atoms with Gasteiger partial charge in [-0.15, -0.1) is 0 Å². The standard InChI is InChI=1S/C11H11ClN2O2/c1-2-16-11(15)5-3-4-9-8(13)6-7-10(12)14-9/h6-7H,2,5,13H2,1H3. The Morgan fingerprint density at radius 2 is 2.38 bits per heavy atom. The van der Waals surface area contributed by atoms with E-state index in [1.807, 2.05) is 0 Å². The molecule has 1 rings (SSSR count). The highest BCUT2D eigenvalue weighted by molar-refractivity contribution is 6.29. The van der Waals surface area contributed by atoms with Gasteiger partial charge >= 0.3 is 5.97 Å². The minimum atomic E-state index is -0.365. The first kappa shape index (κ1) is 12.3. The van der Waals surface area contributed by atoms with Gasteiger partial charge in [-0.2, -0.15) is 0 Å². The van der Waals surface area contributed by atoms with Crippen molar-refractivity contribution in [2.75, 3.05) is 12.3 Å². The van der Waals surface area contributed by atoms with Gasteiger partial charge in [-0.3, -0.25) is 4.79 Å². The number of aromatic nitrogens is 1. The summed E-state index contributed by atoms with van der Waals surface area (Å²) in [6.45, 7) is 2.08. The van der Waals surface area contributed by atoms with Crippen LogP contribution in [0.5, 0.6) is 0 Å². The monoisotopic (exact) mass is 238 g/mol. The smallest absolute Gasteiger partial charge is 0.317 e. The first-order valence-electron chi connectivity index (χ1n) is 4.70. The Balaban J connectivity index is 2.69. The molecule has 0 unspecified atom stereocenters. The first-order valence-corrected chi connectivity index (χ1v) is 5.07. The van der Waals surface area contributed by atoms with Crippen molar-refractivity contribution in [1.82, 2.24) is 4.98 Å². The molecule has 84 valence electrons. The lowest BCUT2D eigenvalue weighted by Crippen LogP contribution is -2.01. The SMILES string of the molecule is CCOC(=O)CC#Cc1nc(Cl)ccc1N. The number of carbonyl (C=O) groups excluding carboxylic acids is 1. The van der Waals surface area contributed by atoms with Gasteiger partial charge in [0.05, 0.1) is 12.3 Å². The molecule has 5 heteroatoms. The molecule has 1 aromatic heterocycles. The third-order valence-electron chi connectivity index (χ3n) is 1.64. The van der Waals surface area contributed by atoms with Gasteiger partial charge in [-0.25, -0.2) is 4.98 Å². The van der Waals surface area contributed by atoms with Crippen LogP contribution in [0.15, 0.2) is 12.1 Å². The Morgan fingerprint density at radius 3 is 3.06 bits per heavy atom. The fourth-order valence-electron chi connectivity index (χ4n) is 0.958. The van der Waals surface area contributed by atoms with Crippen molar-refractivity contribution in [1.29, 1.82) is 0 Å². The van der Waals surface area contributed by atoms with Crippen molar-refractivity contribution in [2.24, 2.45) is 0 Å². The van der Waals surface area contributed by atoms with Crippen molar-refractivity contribution in [3.05, 3.63) is 23.0 Å². The summed E-state index contributed by atoms with van der Waals surface area (Å²) < 4.78 is 4.71. The summed E-state index contributed by atoms with van der Waals surface area (Å²) in [7, 11) is 0. The lowest BCUT2D eigenvalue weighted by Gasteiger charge is -1.97. The maximum Gasteiger partial charge on any atom is 0.317 e. The number of hydrogen-bond acceptors (Lipinski definition) is 4. The van der Waals surface area contributed by atoms with Crippen LogP contribution in [0.4, 0.5) is 5.69 Å². The van der Waals surface area contributed by atoms with E-state index in [2.05, 4.69) is 16.8 Å². The molecule has 0 fully saturated rings. The molecule has 1 aromatic rings. The minimum absolute atomic E-state index is 0.0154. The maximum absolute atomic E-state index is 11.0. The zero-order valence-electron chi connectivity index (χ0n) is 8.79. The van der Waals surface area contributed by atoms with E-state index in [4.69, 9.17) is 22.1 Å². The summed E-state index contributed by atoms with van der Waals surface area (Å²) in [5, 5.41) is 0.314. The van der Waals surface area contributed by atoms with Gasteiger partial charge in [0.25, 0.3) is 0 Å². The molecular formula is C11H11ClN2O2. The maximum atomic E-state index is 11.0. The first-order chi connectivity index (χ1) is 7.63. The van der Waals surface area contributed by atoms with Gasteiger partial charge in [-0.1, -0.05) is 17.5 Å². The highest BCUT2D eigenvalue weighted by Crippen LogP contribution is 2.11. The molecule has 0 radical (unpaired) electrons.